The molecule has 8 heteroatoms. The molecule has 2 heterocycles. The number of benzene rings is 1. The summed E-state index contributed by atoms with van der Waals surface area (Å²) in [4.78, 5) is 10.9. The molecule has 0 saturated heterocycles. The number of carboxylic acid groups (broad SMARTS) is 1. The summed E-state index contributed by atoms with van der Waals surface area (Å²) in [7, 11) is 1.85. The number of para-hydroxylation sites is 1. The maximum Gasteiger partial charge on any atom is 0.305 e. The number of rotatable bonds is 4. The van der Waals surface area contributed by atoms with Gasteiger partial charge in [-0.3, -0.25) is 9.48 Å². The van der Waals surface area contributed by atoms with Crippen molar-refractivity contribution in [3.05, 3.63) is 24.3 Å². The Morgan fingerprint density at radius 3 is 2.90 bits per heavy atom. The van der Waals surface area contributed by atoms with Gasteiger partial charge in [-0.25, -0.2) is 4.68 Å². The molecule has 3 rings (SSSR count). The summed E-state index contributed by atoms with van der Waals surface area (Å²) in [6, 6.07) is 7.40. The Balaban J connectivity index is 2.12. The molecule has 3 aromatic rings. The minimum absolute atomic E-state index is 0.0528. The van der Waals surface area contributed by atoms with Crippen molar-refractivity contribution in [3.8, 4) is 11.5 Å². The van der Waals surface area contributed by atoms with E-state index >= 15 is 0 Å². The van der Waals surface area contributed by atoms with Gasteiger partial charge in [0.15, 0.2) is 0 Å². The molecule has 8 nitrogen and oxygen atoms in total. The molecule has 0 aliphatic rings. The van der Waals surface area contributed by atoms with Gasteiger partial charge in [-0.15, -0.1) is 5.10 Å². The normalized spacial score (nSPS) is 12.7. The van der Waals surface area contributed by atoms with Crippen molar-refractivity contribution in [3.63, 3.8) is 0 Å². The van der Waals surface area contributed by atoms with E-state index in [9.17, 15) is 4.79 Å². The lowest BCUT2D eigenvalue weighted by Crippen LogP contribution is -2.13. The average molecular weight is 286 g/mol. The van der Waals surface area contributed by atoms with Crippen molar-refractivity contribution < 1.29 is 9.90 Å². The van der Waals surface area contributed by atoms with Crippen LogP contribution in [0.2, 0.25) is 0 Å². The van der Waals surface area contributed by atoms with Crippen molar-refractivity contribution in [2.24, 2.45) is 7.05 Å². The van der Waals surface area contributed by atoms with Gasteiger partial charge in [0.25, 0.3) is 0 Å². The van der Waals surface area contributed by atoms with E-state index in [1.807, 2.05) is 31.3 Å². The number of hydrogen-bond donors (Lipinski definition) is 1. The number of nitrogens with zero attached hydrogens (tertiary/aromatic N) is 6. The van der Waals surface area contributed by atoms with Crippen LogP contribution in [0.15, 0.2) is 24.3 Å². The van der Waals surface area contributed by atoms with Gasteiger partial charge in [-0.2, -0.15) is 5.10 Å². The Labute approximate surface area is 120 Å². The fourth-order valence-electron chi connectivity index (χ4n) is 2.36. The lowest BCUT2D eigenvalue weighted by atomic mass is 10.2. The highest BCUT2D eigenvalue weighted by atomic mass is 16.4. The van der Waals surface area contributed by atoms with Crippen molar-refractivity contribution >= 4 is 16.9 Å². The smallest absolute Gasteiger partial charge is 0.305 e. The molecule has 0 aliphatic heterocycles. The molecule has 0 radical (unpaired) electrons. The zero-order valence-corrected chi connectivity index (χ0v) is 11.6. The molecular weight excluding hydrogens is 272 g/mol. The van der Waals surface area contributed by atoms with Crippen LogP contribution in [0.3, 0.4) is 0 Å². The summed E-state index contributed by atoms with van der Waals surface area (Å²) in [6.45, 7) is 1.76. The largest absolute Gasteiger partial charge is 0.481 e. The second-order valence-corrected chi connectivity index (χ2v) is 4.88. The molecule has 2 aromatic heterocycles. The third-order valence-electron chi connectivity index (χ3n) is 3.35. The molecule has 108 valence electrons. The molecule has 1 unspecified atom stereocenters. The number of hydrogen-bond acceptors (Lipinski definition) is 5. The molecule has 1 atom stereocenters. The second kappa shape index (κ2) is 4.97. The Morgan fingerprint density at radius 1 is 1.38 bits per heavy atom. The molecule has 0 spiro atoms. The van der Waals surface area contributed by atoms with E-state index in [1.54, 1.807) is 11.6 Å². The molecule has 0 amide bonds. The quantitative estimate of drug-likeness (QED) is 0.775. The molecule has 1 aromatic carbocycles. The summed E-state index contributed by atoms with van der Waals surface area (Å²) in [5, 5.41) is 25.9. The maximum atomic E-state index is 10.9. The summed E-state index contributed by atoms with van der Waals surface area (Å²) in [5.74, 6) is -0.421. The van der Waals surface area contributed by atoms with Gasteiger partial charge in [-0.05, 0) is 23.4 Å². The Morgan fingerprint density at radius 2 is 2.14 bits per heavy atom. The fourth-order valence-corrected chi connectivity index (χ4v) is 2.36. The fraction of sp³-hybridized carbons (Fsp3) is 0.308. The molecule has 0 bridgehead atoms. The van der Waals surface area contributed by atoms with Gasteiger partial charge in [0.05, 0.1) is 18.0 Å². The van der Waals surface area contributed by atoms with Crippen LogP contribution >= 0.6 is 0 Å². The molecule has 0 aliphatic carbocycles. The zero-order valence-electron chi connectivity index (χ0n) is 11.6. The van der Waals surface area contributed by atoms with E-state index in [-0.39, 0.29) is 12.5 Å². The van der Waals surface area contributed by atoms with Crippen LogP contribution in [0, 0.1) is 0 Å². The third kappa shape index (κ3) is 2.24. The van der Waals surface area contributed by atoms with Crippen molar-refractivity contribution in [2.75, 3.05) is 0 Å². The van der Waals surface area contributed by atoms with Crippen LogP contribution in [0.5, 0.6) is 0 Å². The van der Waals surface area contributed by atoms with Crippen molar-refractivity contribution in [1.29, 1.82) is 0 Å². The van der Waals surface area contributed by atoms with Crippen LogP contribution in [-0.4, -0.2) is 41.1 Å². The number of aliphatic carboxylic acids is 1. The Bertz CT molecular complexity index is 806. The predicted octanol–water partition coefficient (Wildman–Crippen LogP) is 1.26. The van der Waals surface area contributed by atoms with E-state index < -0.39 is 5.97 Å². The monoisotopic (exact) mass is 286 g/mol. The van der Waals surface area contributed by atoms with E-state index in [1.165, 1.54) is 4.68 Å². The minimum Gasteiger partial charge on any atom is -0.481 e. The zero-order chi connectivity index (χ0) is 15.0. The van der Waals surface area contributed by atoms with Crippen molar-refractivity contribution in [1.82, 2.24) is 30.0 Å². The van der Waals surface area contributed by atoms with E-state index in [2.05, 4.69) is 20.6 Å². The van der Waals surface area contributed by atoms with Gasteiger partial charge in [0.2, 0.25) is 5.82 Å². The summed E-state index contributed by atoms with van der Waals surface area (Å²) >= 11 is 0. The standard InChI is InChI=1S/C13H14N6O2/c1-8(7-11(20)21)19-13(14-16-17-19)12-9-5-3-4-6-10(9)18(2)15-12/h3-6,8H,7H2,1-2H3,(H,20,21). The lowest BCUT2D eigenvalue weighted by molar-refractivity contribution is -0.137. The van der Waals surface area contributed by atoms with E-state index in [0.717, 1.165) is 10.9 Å². The third-order valence-corrected chi connectivity index (χ3v) is 3.35. The van der Waals surface area contributed by atoms with Crippen molar-refractivity contribution in [2.45, 2.75) is 19.4 Å². The van der Waals surface area contributed by atoms with Gasteiger partial charge >= 0.3 is 5.97 Å². The number of fused-ring (bicyclic) bond motifs is 1. The topological polar surface area (TPSA) is 98.7 Å². The van der Waals surface area contributed by atoms with Gasteiger partial charge in [-0.1, -0.05) is 18.2 Å². The van der Waals surface area contributed by atoms with E-state index in [4.69, 9.17) is 5.11 Å². The van der Waals surface area contributed by atoms with Crippen LogP contribution in [0.25, 0.3) is 22.4 Å². The lowest BCUT2D eigenvalue weighted by Gasteiger charge is -2.09. The molecule has 0 saturated carbocycles. The van der Waals surface area contributed by atoms with Gasteiger partial charge in [0.1, 0.15) is 5.69 Å². The van der Waals surface area contributed by atoms with Crippen LogP contribution in [0.4, 0.5) is 0 Å². The van der Waals surface area contributed by atoms with Gasteiger partial charge in [0, 0.05) is 12.4 Å². The Kier molecular flexibility index (Phi) is 3.13. The number of tetrazole rings is 1. The number of aryl methyl sites for hydroxylation is 1. The molecular formula is C13H14N6O2. The van der Waals surface area contributed by atoms with Crippen LogP contribution in [0.1, 0.15) is 19.4 Å². The highest BCUT2D eigenvalue weighted by Gasteiger charge is 2.21. The van der Waals surface area contributed by atoms with Crippen LogP contribution < -0.4 is 0 Å². The maximum absolute atomic E-state index is 10.9. The average Bonchev–Trinajstić information content (AvgIpc) is 3.03. The molecule has 0 fully saturated rings. The predicted molar refractivity (Wildman–Crippen MR) is 74.5 cm³/mol. The highest BCUT2D eigenvalue weighted by Crippen LogP contribution is 2.27. The molecule has 21 heavy (non-hydrogen) atoms. The van der Waals surface area contributed by atoms with E-state index in [0.29, 0.717) is 11.5 Å². The first-order valence-corrected chi connectivity index (χ1v) is 6.49. The first-order valence-electron chi connectivity index (χ1n) is 6.49. The molecule has 1 N–H and O–H groups in total. The second-order valence-electron chi connectivity index (χ2n) is 4.88. The Hall–Kier alpha value is -2.77. The number of aromatic nitrogens is 6. The highest BCUT2D eigenvalue weighted by molar-refractivity contribution is 5.91. The SMILES string of the molecule is CC(CC(=O)O)n1nnnc1-c1nn(C)c2ccccc12. The summed E-state index contributed by atoms with van der Waals surface area (Å²) in [5.41, 5.74) is 1.61. The first-order chi connectivity index (χ1) is 10.1. The summed E-state index contributed by atoms with van der Waals surface area (Å²) in [6.07, 6.45) is -0.0528. The minimum atomic E-state index is -0.894. The number of carboxylic acids is 1. The van der Waals surface area contributed by atoms with Gasteiger partial charge < -0.3 is 5.11 Å². The summed E-state index contributed by atoms with van der Waals surface area (Å²) < 4.78 is 3.26. The first kappa shape index (κ1) is 13.2. The number of carbonyl (C=O) groups is 1. The van der Waals surface area contributed by atoms with Crippen LogP contribution in [-0.2, 0) is 11.8 Å².